The highest BCUT2D eigenvalue weighted by Crippen LogP contribution is 2.37. The van der Waals surface area contributed by atoms with Gasteiger partial charge in [-0.05, 0) is 37.1 Å². The maximum Gasteiger partial charge on any atom is 0.256 e. The normalized spacial score (nSPS) is 16.6. The van der Waals surface area contributed by atoms with Crippen LogP contribution in [0.5, 0.6) is 0 Å². The third kappa shape index (κ3) is 3.65. The number of amides is 1. The van der Waals surface area contributed by atoms with Crippen LogP contribution in [-0.2, 0) is 0 Å². The van der Waals surface area contributed by atoms with Crippen molar-refractivity contribution in [3.05, 3.63) is 72.4 Å². The van der Waals surface area contributed by atoms with Gasteiger partial charge in [0.2, 0.25) is 0 Å². The molecule has 1 aromatic carbocycles. The van der Waals surface area contributed by atoms with Crippen molar-refractivity contribution in [3.8, 4) is 11.3 Å². The smallest absolute Gasteiger partial charge is 0.256 e. The molecule has 31 heavy (non-hydrogen) atoms. The van der Waals surface area contributed by atoms with Crippen LogP contribution in [0.4, 0.5) is 11.6 Å². The predicted molar refractivity (Wildman–Crippen MR) is 123 cm³/mol. The molecule has 2 atom stereocenters. The Kier molecular flexibility index (Phi) is 5.10. The average molecular weight is 431 g/mol. The zero-order chi connectivity index (χ0) is 21.4. The molecule has 3 N–H and O–H groups in total. The summed E-state index contributed by atoms with van der Waals surface area (Å²) >= 11 is 0. The monoisotopic (exact) mass is 431 g/mol. The lowest BCUT2D eigenvalue weighted by Crippen LogP contribution is -2.14. The van der Waals surface area contributed by atoms with Crippen molar-refractivity contribution >= 4 is 32.5 Å². The van der Waals surface area contributed by atoms with Gasteiger partial charge < -0.3 is 11.1 Å². The number of nitrogens with two attached hydrogens (primary N) is 1. The van der Waals surface area contributed by atoms with Gasteiger partial charge in [0.15, 0.2) is 0 Å². The first kappa shape index (κ1) is 19.6. The van der Waals surface area contributed by atoms with Crippen molar-refractivity contribution in [1.82, 2.24) is 24.0 Å². The van der Waals surface area contributed by atoms with Gasteiger partial charge in [-0.15, -0.1) is 0 Å². The van der Waals surface area contributed by atoms with Crippen LogP contribution >= 0.6 is 9.39 Å². The average Bonchev–Trinajstić information content (AvgIpc) is 3.38. The summed E-state index contributed by atoms with van der Waals surface area (Å²) in [6.07, 6.45) is 7.41. The van der Waals surface area contributed by atoms with Gasteiger partial charge in [-0.25, -0.2) is 15.0 Å². The summed E-state index contributed by atoms with van der Waals surface area (Å²) in [5.41, 5.74) is 9.21. The van der Waals surface area contributed by atoms with Crippen LogP contribution in [0.2, 0.25) is 0 Å². The molecule has 8 nitrogen and oxygen atoms in total. The first-order chi connectivity index (χ1) is 15.1. The van der Waals surface area contributed by atoms with Crippen molar-refractivity contribution in [3.63, 3.8) is 0 Å². The third-order valence-electron chi connectivity index (χ3n) is 5.53. The SMILES string of the molecule is Nc1nccn2c(C3CCCN3P)nc(-c3ccc(C(=O)Nc4ccccn4)cc3)c12. The molecule has 1 fully saturated rings. The summed E-state index contributed by atoms with van der Waals surface area (Å²) in [4.78, 5) is 25.9. The number of pyridine rings is 1. The van der Waals surface area contributed by atoms with Crippen molar-refractivity contribution in [1.29, 1.82) is 0 Å². The topological polar surface area (TPSA) is 101 Å². The van der Waals surface area contributed by atoms with Crippen molar-refractivity contribution in [2.75, 3.05) is 17.6 Å². The Labute approximate surface area is 181 Å². The molecule has 0 aliphatic carbocycles. The van der Waals surface area contributed by atoms with E-state index < -0.39 is 0 Å². The molecule has 1 amide bonds. The van der Waals surface area contributed by atoms with E-state index in [0.717, 1.165) is 42.0 Å². The molecule has 9 heteroatoms. The number of aromatic nitrogens is 4. The maximum atomic E-state index is 12.5. The Hall–Kier alpha value is -3.35. The third-order valence-corrected chi connectivity index (χ3v) is 6.15. The molecule has 156 valence electrons. The quantitative estimate of drug-likeness (QED) is 0.479. The summed E-state index contributed by atoms with van der Waals surface area (Å²) in [6, 6.07) is 12.9. The lowest BCUT2D eigenvalue weighted by molar-refractivity contribution is 0.102. The fourth-order valence-electron chi connectivity index (χ4n) is 3.99. The number of carbonyl (C=O) groups is 1. The predicted octanol–water partition coefficient (Wildman–Crippen LogP) is 3.55. The minimum Gasteiger partial charge on any atom is -0.382 e. The highest BCUT2D eigenvalue weighted by atomic mass is 31.0. The molecule has 5 rings (SSSR count). The van der Waals surface area contributed by atoms with Gasteiger partial charge in [-0.1, -0.05) is 27.6 Å². The lowest BCUT2D eigenvalue weighted by Gasteiger charge is -2.17. The molecule has 2 unspecified atom stereocenters. The van der Waals surface area contributed by atoms with E-state index in [1.807, 2.05) is 28.8 Å². The standard InChI is InChI=1S/C22H22N7OP/c23-20-19-18(27-21(28(19)13-11-25-20)16-4-3-12-29(16)31)14-6-8-15(9-7-14)22(30)26-17-5-1-2-10-24-17/h1-2,5-11,13,16H,3-4,12,31H2,(H2,23,25)(H,24,26,30). The minimum absolute atomic E-state index is 0.205. The van der Waals surface area contributed by atoms with E-state index in [-0.39, 0.29) is 11.9 Å². The Morgan fingerprint density at radius 1 is 1.13 bits per heavy atom. The summed E-state index contributed by atoms with van der Waals surface area (Å²) in [6.45, 7) is 1.01. The van der Waals surface area contributed by atoms with Crippen molar-refractivity contribution in [2.24, 2.45) is 0 Å². The summed E-state index contributed by atoms with van der Waals surface area (Å²) in [5, 5.41) is 2.79. The van der Waals surface area contributed by atoms with E-state index in [2.05, 4.69) is 29.3 Å². The summed E-state index contributed by atoms with van der Waals surface area (Å²) < 4.78 is 4.27. The van der Waals surface area contributed by atoms with E-state index in [9.17, 15) is 4.79 Å². The van der Waals surface area contributed by atoms with Crippen LogP contribution in [-0.4, -0.2) is 36.5 Å². The zero-order valence-electron chi connectivity index (χ0n) is 16.8. The van der Waals surface area contributed by atoms with Crippen LogP contribution in [0.15, 0.2) is 61.1 Å². The van der Waals surface area contributed by atoms with Gasteiger partial charge >= 0.3 is 0 Å². The number of fused-ring (bicyclic) bond motifs is 1. The second-order valence-electron chi connectivity index (χ2n) is 7.49. The molecule has 0 saturated carbocycles. The Morgan fingerprint density at radius 3 is 2.68 bits per heavy atom. The van der Waals surface area contributed by atoms with Crippen LogP contribution in [0.25, 0.3) is 16.8 Å². The minimum atomic E-state index is -0.216. The molecule has 4 aromatic rings. The number of nitrogen functional groups attached to an aromatic ring is 1. The number of anilines is 2. The fourth-order valence-corrected chi connectivity index (χ4v) is 4.46. The van der Waals surface area contributed by atoms with Gasteiger partial charge in [0.25, 0.3) is 5.91 Å². The molecule has 1 aliphatic heterocycles. The van der Waals surface area contributed by atoms with Crippen LogP contribution in [0.3, 0.4) is 0 Å². The molecular formula is C22H22N7OP. The zero-order valence-corrected chi connectivity index (χ0v) is 17.9. The molecule has 0 spiro atoms. The number of carbonyl (C=O) groups excluding carboxylic acids is 1. The first-order valence-corrected chi connectivity index (χ1v) is 10.6. The lowest BCUT2D eigenvalue weighted by atomic mass is 10.1. The maximum absolute atomic E-state index is 12.5. The number of hydrogen-bond acceptors (Lipinski definition) is 6. The van der Waals surface area contributed by atoms with Crippen LogP contribution in [0, 0.1) is 0 Å². The first-order valence-electron chi connectivity index (χ1n) is 10.1. The summed E-state index contributed by atoms with van der Waals surface area (Å²) in [5.74, 6) is 1.68. The summed E-state index contributed by atoms with van der Waals surface area (Å²) in [7, 11) is 2.80. The molecule has 4 heterocycles. The highest BCUT2D eigenvalue weighted by molar-refractivity contribution is 7.13. The number of nitrogens with one attached hydrogen (secondary N) is 1. The van der Waals surface area contributed by atoms with E-state index in [4.69, 9.17) is 10.7 Å². The second-order valence-corrected chi connectivity index (χ2v) is 8.16. The number of rotatable bonds is 4. The Morgan fingerprint density at radius 2 is 1.97 bits per heavy atom. The molecular weight excluding hydrogens is 409 g/mol. The Balaban J connectivity index is 1.50. The molecule has 1 aliphatic rings. The van der Waals surface area contributed by atoms with Crippen molar-refractivity contribution in [2.45, 2.75) is 18.9 Å². The van der Waals surface area contributed by atoms with E-state index >= 15 is 0 Å². The molecule has 0 bridgehead atoms. The van der Waals surface area contributed by atoms with Gasteiger partial charge in [-0.2, -0.15) is 0 Å². The molecule has 0 radical (unpaired) electrons. The molecule has 3 aromatic heterocycles. The van der Waals surface area contributed by atoms with Gasteiger partial charge in [0, 0.05) is 36.3 Å². The largest absolute Gasteiger partial charge is 0.382 e. The number of benzene rings is 1. The highest BCUT2D eigenvalue weighted by Gasteiger charge is 2.29. The van der Waals surface area contributed by atoms with Crippen molar-refractivity contribution < 1.29 is 4.79 Å². The number of hydrogen-bond donors (Lipinski definition) is 2. The van der Waals surface area contributed by atoms with Gasteiger partial charge in [0.1, 0.15) is 28.7 Å². The fraction of sp³-hybridized carbons (Fsp3) is 0.182. The number of nitrogens with zero attached hydrogens (tertiary/aromatic N) is 5. The van der Waals surface area contributed by atoms with Gasteiger partial charge in [0.05, 0.1) is 6.04 Å². The van der Waals surface area contributed by atoms with E-state index in [1.165, 1.54) is 0 Å². The molecule has 1 saturated heterocycles. The van der Waals surface area contributed by atoms with E-state index in [0.29, 0.717) is 17.2 Å². The Bertz CT molecular complexity index is 1240. The number of imidazole rings is 1. The second kappa shape index (κ2) is 8.06. The van der Waals surface area contributed by atoms with Gasteiger partial charge in [-0.3, -0.25) is 13.9 Å². The van der Waals surface area contributed by atoms with Crippen LogP contribution in [0.1, 0.15) is 35.1 Å². The van der Waals surface area contributed by atoms with Crippen LogP contribution < -0.4 is 11.1 Å². The van der Waals surface area contributed by atoms with E-state index in [1.54, 1.807) is 36.7 Å².